The fourth-order valence-electron chi connectivity index (χ4n) is 2.62. The summed E-state index contributed by atoms with van der Waals surface area (Å²) in [5, 5.41) is 11.3. The van der Waals surface area contributed by atoms with Crippen molar-refractivity contribution in [2.24, 2.45) is 5.10 Å². The Kier molecular flexibility index (Phi) is 3.33. The van der Waals surface area contributed by atoms with Crippen molar-refractivity contribution >= 4 is 34.1 Å². The monoisotopic (exact) mass is 310 g/mol. The number of para-hydroxylation sites is 1. The second-order valence-corrected chi connectivity index (χ2v) is 6.87. The molecule has 1 aliphatic heterocycles. The molecule has 0 radical (unpaired) electrons. The molecule has 2 nitrogen and oxygen atoms in total. The average Bonchev–Trinajstić information content (AvgIpc) is 3.27. The topological polar surface area (TPSA) is 15.6 Å². The van der Waals surface area contributed by atoms with Crippen molar-refractivity contribution in [3.05, 3.63) is 75.1 Å². The van der Waals surface area contributed by atoms with Gasteiger partial charge in [0.1, 0.15) is 0 Å². The van der Waals surface area contributed by atoms with Crippen LogP contribution >= 0.6 is 22.7 Å². The predicted molar refractivity (Wildman–Crippen MR) is 91.5 cm³/mol. The van der Waals surface area contributed by atoms with E-state index in [9.17, 15) is 0 Å². The van der Waals surface area contributed by atoms with E-state index in [1.54, 1.807) is 22.7 Å². The van der Waals surface area contributed by atoms with E-state index in [4.69, 9.17) is 5.10 Å². The van der Waals surface area contributed by atoms with Gasteiger partial charge in [-0.3, -0.25) is 5.01 Å². The fourth-order valence-corrected chi connectivity index (χ4v) is 4.16. The first-order chi connectivity index (χ1) is 10.4. The summed E-state index contributed by atoms with van der Waals surface area (Å²) in [4.78, 5) is 2.64. The van der Waals surface area contributed by atoms with E-state index >= 15 is 0 Å². The van der Waals surface area contributed by atoms with Gasteiger partial charge in [0.25, 0.3) is 0 Å². The first-order valence-corrected chi connectivity index (χ1v) is 8.67. The number of anilines is 1. The quantitative estimate of drug-likeness (QED) is 0.652. The molecule has 0 amide bonds. The normalized spacial score (nSPS) is 18.0. The van der Waals surface area contributed by atoms with Crippen LogP contribution in [0.2, 0.25) is 0 Å². The van der Waals surface area contributed by atoms with Crippen LogP contribution in [0.5, 0.6) is 0 Å². The van der Waals surface area contributed by atoms with Gasteiger partial charge in [-0.15, -0.1) is 22.7 Å². The number of rotatable bonds is 3. The van der Waals surface area contributed by atoms with Crippen LogP contribution in [0, 0.1) is 0 Å². The lowest BCUT2D eigenvalue weighted by Crippen LogP contribution is -2.17. The number of hydrazone groups is 1. The number of thiophene rings is 2. The van der Waals surface area contributed by atoms with Gasteiger partial charge in [-0.05, 0) is 35.0 Å². The maximum absolute atomic E-state index is 4.91. The molecule has 0 bridgehead atoms. The summed E-state index contributed by atoms with van der Waals surface area (Å²) in [6, 6.07) is 19.3. The minimum absolute atomic E-state index is 0.310. The maximum atomic E-state index is 4.91. The van der Waals surface area contributed by atoms with Crippen molar-refractivity contribution in [1.29, 1.82) is 0 Å². The van der Waals surface area contributed by atoms with Crippen molar-refractivity contribution in [2.75, 3.05) is 5.01 Å². The highest BCUT2D eigenvalue weighted by Gasteiger charge is 2.30. The molecule has 0 saturated heterocycles. The van der Waals surface area contributed by atoms with Gasteiger partial charge < -0.3 is 0 Å². The molecule has 0 spiro atoms. The molecule has 0 N–H and O–H groups in total. The number of hydrogen-bond donors (Lipinski definition) is 0. The molecule has 0 fully saturated rings. The van der Waals surface area contributed by atoms with Crippen molar-refractivity contribution in [3.8, 4) is 0 Å². The largest absolute Gasteiger partial charge is 0.257 e. The zero-order valence-corrected chi connectivity index (χ0v) is 13.0. The molecule has 1 aliphatic rings. The Morgan fingerprint density at radius 1 is 0.905 bits per heavy atom. The number of benzene rings is 1. The third-order valence-electron chi connectivity index (χ3n) is 3.61. The van der Waals surface area contributed by atoms with Crippen LogP contribution in [0.1, 0.15) is 22.2 Å². The fraction of sp³-hybridized carbons (Fsp3) is 0.118. The zero-order chi connectivity index (χ0) is 14.1. The Balaban J connectivity index is 1.75. The molecule has 0 unspecified atom stereocenters. The number of hydrogen-bond acceptors (Lipinski definition) is 4. The number of nitrogens with zero attached hydrogens (tertiary/aromatic N) is 2. The highest BCUT2D eigenvalue weighted by molar-refractivity contribution is 7.12. The van der Waals surface area contributed by atoms with Gasteiger partial charge >= 0.3 is 0 Å². The van der Waals surface area contributed by atoms with Crippen molar-refractivity contribution in [3.63, 3.8) is 0 Å². The highest BCUT2D eigenvalue weighted by atomic mass is 32.1. The molecule has 21 heavy (non-hydrogen) atoms. The minimum atomic E-state index is 0.310. The summed E-state index contributed by atoms with van der Waals surface area (Å²) < 4.78 is 0. The van der Waals surface area contributed by atoms with Gasteiger partial charge in [-0.2, -0.15) is 5.10 Å². The molecule has 3 aromatic rings. The molecule has 104 valence electrons. The molecule has 1 aromatic carbocycles. The lowest BCUT2D eigenvalue weighted by molar-refractivity contribution is 0.722. The lowest BCUT2D eigenvalue weighted by Gasteiger charge is -2.22. The molecular weight excluding hydrogens is 296 g/mol. The summed E-state index contributed by atoms with van der Waals surface area (Å²) in [6.07, 6.45) is 0.968. The smallest absolute Gasteiger partial charge is 0.0923 e. The Morgan fingerprint density at radius 3 is 2.43 bits per heavy atom. The van der Waals surface area contributed by atoms with Crippen LogP contribution in [-0.2, 0) is 0 Å². The van der Waals surface area contributed by atoms with Gasteiger partial charge in [0.15, 0.2) is 0 Å². The lowest BCUT2D eigenvalue weighted by atomic mass is 10.1. The van der Waals surface area contributed by atoms with Gasteiger partial charge in [-0.25, -0.2) is 0 Å². The highest BCUT2D eigenvalue weighted by Crippen LogP contribution is 2.38. The predicted octanol–water partition coefficient (Wildman–Crippen LogP) is 5.17. The van der Waals surface area contributed by atoms with E-state index in [0.29, 0.717) is 6.04 Å². The van der Waals surface area contributed by atoms with E-state index in [2.05, 4.69) is 64.3 Å². The van der Waals surface area contributed by atoms with E-state index in [-0.39, 0.29) is 0 Å². The molecule has 3 heterocycles. The second kappa shape index (κ2) is 5.47. The summed E-state index contributed by atoms with van der Waals surface area (Å²) in [7, 11) is 0. The second-order valence-electron chi connectivity index (χ2n) is 4.94. The molecule has 0 aliphatic carbocycles. The van der Waals surface area contributed by atoms with Crippen molar-refractivity contribution in [1.82, 2.24) is 0 Å². The van der Waals surface area contributed by atoms with Gasteiger partial charge in [0.2, 0.25) is 0 Å². The Morgan fingerprint density at radius 2 is 1.71 bits per heavy atom. The van der Waals surface area contributed by atoms with Gasteiger partial charge in [0, 0.05) is 11.3 Å². The Labute approximate surface area is 132 Å². The third-order valence-corrected chi connectivity index (χ3v) is 5.50. The standard InChI is InChI=1S/C17H14N2S2/c1-2-6-13(7-3-1)19-15(17-9-5-11-21-17)12-14(18-19)16-8-4-10-20-16/h1-11,15H,12H2/t15-/m0/s1. The van der Waals surface area contributed by atoms with Crippen LogP contribution in [-0.4, -0.2) is 5.71 Å². The van der Waals surface area contributed by atoms with Crippen LogP contribution in [0.4, 0.5) is 5.69 Å². The van der Waals surface area contributed by atoms with Crippen LogP contribution < -0.4 is 5.01 Å². The van der Waals surface area contributed by atoms with Crippen molar-refractivity contribution < 1.29 is 0 Å². The van der Waals surface area contributed by atoms with Gasteiger partial charge in [0.05, 0.1) is 22.3 Å². The minimum Gasteiger partial charge on any atom is -0.257 e. The van der Waals surface area contributed by atoms with Gasteiger partial charge in [-0.1, -0.05) is 30.3 Å². The first kappa shape index (κ1) is 12.8. The SMILES string of the molecule is c1ccc(N2N=C(c3cccs3)C[C@H]2c2cccs2)cc1. The summed E-state index contributed by atoms with van der Waals surface area (Å²) in [5.41, 5.74) is 2.34. The average molecular weight is 310 g/mol. The molecule has 1 atom stereocenters. The molecule has 4 heteroatoms. The van der Waals surface area contributed by atoms with E-state index < -0.39 is 0 Å². The first-order valence-electron chi connectivity index (χ1n) is 6.91. The Hall–Kier alpha value is -1.91. The Bertz CT molecular complexity index is 730. The van der Waals surface area contributed by atoms with E-state index in [1.165, 1.54) is 15.5 Å². The summed E-state index contributed by atoms with van der Waals surface area (Å²) in [5.74, 6) is 0. The van der Waals surface area contributed by atoms with E-state index in [0.717, 1.165) is 12.1 Å². The molecule has 0 saturated carbocycles. The maximum Gasteiger partial charge on any atom is 0.0923 e. The molecule has 4 rings (SSSR count). The van der Waals surface area contributed by atoms with Crippen LogP contribution in [0.25, 0.3) is 0 Å². The summed E-state index contributed by atoms with van der Waals surface area (Å²) in [6.45, 7) is 0. The third kappa shape index (κ3) is 2.41. The van der Waals surface area contributed by atoms with Crippen LogP contribution in [0.3, 0.4) is 0 Å². The zero-order valence-electron chi connectivity index (χ0n) is 11.3. The van der Waals surface area contributed by atoms with Crippen molar-refractivity contribution in [2.45, 2.75) is 12.5 Å². The molecular formula is C17H14N2S2. The molecule has 2 aromatic heterocycles. The van der Waals surface area contributed by atoms with Crippen LogP contribution in [0.15, 0.2) is 70.5 Å². The summed E-state index contributed by atoms with van der Waals surface area (Å²) >= 11 is 3.57. The van der Waals surface area contributed by atoms with E-state index in [1.807, 2.05) is 6.07 Å².